The highest BCUT2D eigenvalue weighted by molar-refractivity contribution is 5.75. The van der Waals surface area contributed by atoms with Gasteiger partial charge in [0.15, 0.2) is 0 Å². The molecule has 1 aliphatic heterocycles. The molecule has 0 unspecified atom stereocenters. The quantitative estimate of drug-likeness (QED) is 0.775. The van der Waals surface area contributed by atoms with Crippen LogP contribution in [0.1, 0.15) is 22.8 Å². The second kappa shape index (κ2) is 6.52. The minimum Gasteiger partial charge on any atom is -0.496 e. The van der Waals surface area contributed by atoms with E-state index in [2.05, 4.69) is 4.90 Å². The van der Waals surface area contributed by atoms with E-state index < -0.39 is 0 Å². The average molecular weight is 276 g/mol. The smallest absolute Gasteiger partial charge is 0.219 e. The summed E-state index contributed by atoms with van der Waals surface area (Å²) in [4.78, 5) is 26.3. The van der Waals surface area contributed by atoms with Gasteiger partial charge in [-0.15, -0.1) is 0 Å². The fourth-order valence-electron chi connectivity index (χ4n) is 2.46. The molecule has 2 rings (SSSR count). The zero-order valence-electron chi connectivity index (χ0n) is 12.0. The van der Waals surface area contributed by atoms with Gasteiger partial charge in [-0.2, -0.15) is 0 Å². The Hall–Kier alpha value is -1.88. The number of ether oxygens (including phenoxy) is 1. The Morgan fingerprint density at radius 3 is 2.55 bits per heavy atom. The molecule has 1 saturated heterocycles. The van der Waals surface area contributed by atoms with Gasteiger partial charge in [-0.3, -0.25) is 14.5 Å². The predicted octanol–water partition coefficient (Wildman–Crippen LogP) is 1.17. The van der Waals surface area contributed by atoms with Crippen LogP contribution >= 0.6 is 0 Å². The minimum atomic E-state index is 0.130. The lowest BCUT2D eigenvalue weighted by atomic mass is 10.1. The van der Waals surface area contributed by atoms with Gasteiger partial charge in [0.1, 0.15) is 12.0 Å². The predicted molar refractivity (Wildman–Crippen MR) is 75.9 cm³/mol. The molecule has 0 radical (unpaired) electrons. The van der Waals surface area contributed by atoms with Crippen LogP contribution in [0, 0.1) is 0 Å². The van der Waals surface area contributed by atoms with Gasteiger partial charge in [-0.05, 0) is 18.2 Å². The first-order valence-electron chi connectivity index (χ1n) is 6.74. The molecule has 5 nitrogen and oxygen atoms in total. The maximum atomic E-state index is 11.3. The Morgan fingerprint density at radius 1 is 1.30 bits per heavy atom. The molecule has 1 aromatic carbocycles. The molecule has 20 heavy (non-hydrogen) atoms. The first-order chi connectivity index (χ1) is 9.63. The molecule has 1 fully saturated rings. The van der Waals surface area contributed by atoms with Crippen molar-refractivity contribution in [1.82, 2.24) is 9.80 Å². The topological polar surface area (TPSA) is 49.9 Å². The normalized spacial score (nSPS) is 16.0. The Labute approximate surface area is 119 Å². The van der Waals surface area contributed by atoms with Crippen molar-refractivity contribution in [3.63, 3.8) is 0 Å². The molecule has 0 atom stereocenters. The van der Waals surface area contributed by atoms with Crippen LogP contribution in [0.25, 0.3) is 0 Å². The molecular weight excluding hydrogens is 256 g/mol. The molecule has 1 aromatic rings. The SMILES string of the molecule is COc1ccc(C=O)cc1CN1CCN(C(C)=O)CC1. The van der Waals surface area contributed by atoms with Crippen LogP contribution in [0.2, 0.25) is 0 Å². The number of rotatable bonds is 4. The summed E-state index contributed by atoms with van der Waals surface area (Å²) in [6.07, 6.45) is 0.844. The van der Waals surface area contributed by atoms with Gasteiger partial charge >= 0.3 is 0 Å². The van der Waals surface area contributed by atoms with E-state index in [9.17, 15) is 9.59 Å². The van der Waals surface area contributed by atoms with Gasteiger partial charge in [0.2, 0.25) is 5.91 Å². The first kappa shape index (κ1) is 14.5. The summed E-state index contributed by atoms with van der Waals surface area (Å²) < 4.78 is 5.34. The number of carbonyl (C=O) groups excluding carboxylic acids is 2. The Kier molecular flexibility index (Phi) is 4.74. The van der Waals surface area contributed by atoms with Gasteiger partial charge in [0.05, 0.1) is 7.11 Å². The van der Waals surface area contributed by atoms with Gasteiger partial charge in [-0.25, -0.2) is 0 Å². The highest BCUT2D eigenvalue weighted by atomic mass is 16.5. The van der Waals surface area contributed by atoms with Crippen LogP contribution in [-0.2, 0) is 11.3 Å². The minimum absolute atomic E-state index is 0.130. The molecule has 0 N–H and O–H groups in total. The van der Waals surface area contributed by atoms with Crippen molar-refractivity contribution < 1.29 is 14.3 Å². The van der Waals surface area contributed by atoms with Crippen molar-refractivity contribution in [3.8, 4) is 5.75 Å². The number of carbonyl (C=O) groups is 2. The third kappa shape index (κ3) is 3.36. The Morgan fingerprint density at radius 2 is 2.00 bits per heavy atom. The lowest BCUT2D eigenvalue weighted by Gasteiger charge is -2.34. The van der Waals surface area contributed by atoms with E-state index >= 15 is 0 Å². The molecule has 0 aliphatic carbocycles. The number of piperazine rings is 1. The summed E-state index contributed by atoms with van der Waals surface area (Å²) in [5, 5.41) is 0. The molecular formula is C15H20N2O3. The highest BCUT2D eigenvalue weighted by Gasteiger charge is 2.19. The number of nitrogens with zero attached hydrogens (tertiary/aromatic N) is 2. The second-order valence-electron chi connectivity index (χ2n) is 4.97. The van der Waals surface area contributed by atoms with Crippen LogP contribution in [-0.4, -0.2) is 55.3 Å². The van der Waals surface area contributed by atoms with Crippen LogP contribution < -0.4 is 4.74 Å². The fraction of sp³-hybridized carbons (Fsp3) is 0.467. The number of amides is 1. The van der Waals surface area contributed by atoms with E-state index in [1.807, 2.05) is 17.0 Å². The zero-order valence-corrected chi connectivity index (χ0v) is 12.0. The van der Waals surface area contributed by atoms with Crippen molar-refractivity contribution >= 4 is 12.2 Å². The summed E-state index contributed by atoms with van der Waals surface area (Å²) >= 11 is 0. The van der Waals surface area contributed by atoms with Crippen molar-refractivity contribution in [2.24, 2.45) is 0 Å². The van der Waals surface area contributed by atoms with Gasteiger partial charge in [0, 0.05) is 50.8 Å². The molecule has 1 heterocycles. The highest BCUT2D eigenvalue weighted by Crippen LogP contribution is 2.21. The first-order valence-corrected chi connectivity index (χ1v) is 6.74. The largest absolute Gasteiger partial charge is 0.496 e. The van der Waals surface area contributed by atoms with Crippen LogP contribution in [0.5, 0.6) is 5.75 Å². The van der Waals surface area contributed by atoms with Gasteiger partial charge < -0.3 is 9.64 Å². The number of aldehydes is 1. The van der Waals surface area contributed by atoms with Crippen LogP contribution in [0.15, 0.2) is 18.2 Å². The zero-order chi connectivity index (χ0) is 14.5. The van der Waals surface area contributed by atoms with Crippen molar-refractivity contribution in [2.45, 2.75) is 13.5 Å². The van der Waals surface area contributed by atoms with E-state index in [-0.39, 0.29) is 5.91 Å². The summed E-state index contributed by atoms with van der Waals surface area (Å²) in [6.45, 7) is 5.53. The molecule has 1 amide bonds. The molecule has 108 valence electrons. The lowest BCUT2D eigenvalue weighted by Crippen LogP contribution is -2.47. The van der Waals surface area contributed by atoms with Gasteiger partial charge in [0.25, 0.3) is 0 Å². The monoisotopic (exact) mass is 276 g/mol. The molecule has 0 aromatic heterocycles. The standard InChI is InChI=1S/C15H20N2O3/c1-12(19)17-7-5-16(6-8-17)10-14-9-13(11-18)3-4-15(14)20-2/h3-4,9,11H,5-8,10H2,1-2H3. The summed E-state index contributed by atoms with van der Waals surface area (Å²) in [5.74, 6) is 0.926. The second-order valence-corrected chi connectivity index (χ2v) is 4.97. The lowest BCUT2D eigenvalue weighted by molar-refractivity contribution is -0.130. The third-order valence-corrected chi connectivity index (χ3v) is 3.65. The van der Waals surface area contributed by atoms with E-state index in [1.165, 1.54) is 0 Å². The summed E-state index contributed by atoms with van der Waals surface area (Å²) in [6, 6.07) is 5.44. The number of methoxy groups -OCH3 is 1. The van der Waals surface area contributed by atoms with Crippen molar-refractivity contribution in [3.05, 3.63) is 29.3 Å². The van der Waals surface area contributed by atoms with Crippen molar-refractivity contribution in [1.29, 1.82) is 0 Å². The molecule has 1 aliphatic rings. The number of benzene rings is 1. The molecule has 0 spiro atoms. The molecule has 0 bridgehead atoms. The maximum Gasteiger partial charge on any atom is 0.219 e. The third-order valence-electron chi connectivity index (χ3n) is 3.65. The summed E-state index contributed by atoms with van der Waals surface area (Å²) in [5.41, 5.74) is 1.66. The van der Waals surface area contributed by atoms with E-state index in [4.69, 9.17) is 4.74 Å². The van der Waals surface area contributed by atoms with E-state index in [0.29, 0.717) is 5.56 Å². The van der Waals surface area contributed by atoms with Crippen LogP contribution in [0.4, 0.5) is 0 Å². The van der Waals surface area contributed by atoms with Crippen LogP contribution in [0.3, 0.4) is 0 Å². The Bertz CT molecular complexity index is 494. The summed E-state index contributed by atoms with van der Waals surface area (Å²) in [7, 11) is 1.63. The van der Waals surface area contributed by atoms with E-state index in [0.717, 1.165) is 50.3 Å². The number of hydrogen-bond donors (Lipinski definition) is 0. The maximum absolute atomic E-state index is 11.3. The Balaban J connectivity index is 2.03. The van der Waals surface area contributed by atoms with E-state index in [1.54, 1.807) is 20.1 Å². The fourth-order valence-corrected chi connectivity index (χ4v) is 2.46. The molecule has 5 heteroatoms. The molecule has 0 saturated carbocycles. The average Bonchev–Trinajstić information content (AvgIpc) is 2.47. The number of hydrogen-bond acceptors (Lipinski definition) is 4. The van der Waals surface area contributed by atoms with Crippen molar-refractivity contribution in [2.75, 3.05) is 33.3 Å². The van der Waals surface area contributed by atoms with Gasteiger partial charge in [-0.1, -0.05) is 0 Å².